The Morgan fingerprint density at radius 1 is 1.00 bits per heavy atom. The summed E-state index contributed by atoms with van der Waals surface area (Å²) in [5.41, 5.74) is 1.29. The molecule has 1 amide bonds. The molecule has 31 heavy (non-hydrogen) atoms. The molecular formula is C22H24N4O3S2. The molecule has 0 saturated heterocycles. The Morgan fingerprint density at radius 3 is 2.35 bits per heavy atom. The van der Waals surface area contributed by atoms with Crippen molar-refractivity contribution in [1.82, 2.24) is 14.5 Å². The van der Waals surface area contributed by atoms with Crippen molar-refractivity contribution in [2.75, 3.05) is 12.4 Å². The Bertz CT molecular complexity index is 1140. The van der Waals surface area contributed by atoms with Gasteiger partial charge in [0.25, 0.3) is 5.91 Å². The summed E-state index contributed by atoms with van der Waals surface area (Å²) < 4.78 is 27.4. The first-order chi connectivity index (χ1) is 14.9. The molecule has 0 bridgehead atoms. The molecule has 162 valence electrons. The third kappa shape index (κ3) is 4.84. The quantitative estimate of drug-likeness (QED) is 0.593. The van der Waals surface area contributed by atoms with Crippen LogP contribution < -0.4 is 5.32 Å². The number of nitrogens with one attached hydrogen (secondary N) is 1. The summed E-state index contributed by atoms with van der Waals surface area (Å²) in [4.78, 5) is 12.8. The molecule has 0 unspecified atom stereocenters. The van der Waals surface area contributed by atoms with Crippen LogP contribution in [0.25, 0.3) is 10.6 Å². The van der Waals surface area contributed by atoms with E-state index in [-0.39, 0.29) is 16.8 Å². The molecule has 0 aliphatic heterocycles. The standard InChI is InChI=1S/C22H24N4O3S2/c1-26(18-10-6-3-7-11-18)31(28,29)19-14-12-16(13-15-19)20(27)23-22-25-24-21(30-22)17-8-4-2-5-9-17/h2,4-5,8-9,12-15,18H,3,6-7,10-11H2,1H3,(H,23,25,27). The number of sulfonamides is 1. The summed E-state index contributed by atoms with van der Waals surface area (Å²) >= 11 is 1.28. The Morgan fingerprint density at radius 2 is 1.68 bits per heavy atom. The van der Waals surface area contributed by atoms with E-state index in [0.29, 0.717) is 15.7 Å². The minimum absolute atomic E-state index is 0.0398. The maximum Gasteiger partial charge on any atom is 0.257 e. The maximum absolute atomic E-state index is 12.9. The Hall–Kier alpha value is -2.62. The number of hydrogen-bond donors (Lipinski definition) is 1. The van der Waals surface area contributed by atoms with Crippen LogP contribution in [0.3, 0.4) is 0 Å². The number of carbonyl (C=O) groups excluding carboxylic acids is 1. The fourth-order valence-corrected chi connectivity index (χ4v) is 5.89. The van der Waals surface area contributed by atoms with E-state index in [1.165, 1.54) is 39.9 Å². The van der Waals surface area contributed by atoms with E-state index in [0.717, 1.165) is 37.7 Å². The monoisotopic (exact) mass is 456 g/mol. The van der Waals surface area contributed by atoms with Gasteiger partial charge in [0.2, 0.25) is 15.2 Å². The van der Waals surface area contributed by atoms with Crippen molar-refractivity contribution in [2.24, 2.45) is 0 Å². The minimum atomic E-state index is -3.59. The SMILES string of the molecule is CN(C1CCCCC1)S(=O)(=O)c1ccc(C(=O)Nc2nnc(-c3ccccc3)s2)cc1. The van der Waals surface area contributed by atoms with Crippen LogP contribution in [-0.2, 0) is 10.0 Å². The minimum Gasteiger partial charge on any atom is -0.296 e. The molecule has 1 aliphatic carbocycles. The summed E-state index contributed by atoms with van der Waals surface area (Å²) in [7, 11) is -1.94. The lowest BCUT2D eigenvalue weighted by Crippen LogP contribution is -2.38. The van der Waals surface area contributed by atoms with E-state index >= 15 is 0 Å². The van der Waals surface area contributed by atoms with Gasteiger partial charge in [0.05, 0.1) is 4.90 Å². The van der Waals surface area contributed by atoms with E-state index in [1.807, 2.05) is 30.3 Å². The van der Waals surface area contributed by atoms with E-state index in [9.17, 15) is 13.2 Å². The predicted molar refractivity (Wildman–Crippen MR) is 122 cm³/mol. The zero-order valence-electron chi connectivity index (χ0n) is 17.2. The molecule has 1 aliphatic rings. The van der Waals surface area contributed by atoms with Gasteiger partial charge < -0.3 is 0 Å². The number of rotatable bonds is 6. The highest BCUT2D eigenvalue weighted by Crippen LogP contribution is 2.28. The van der Waals surface area contributed by atoms with Crippen LogP contribution in [0.15, 0.2) is 59.5 Å². The van der Waals surface area contributed by atoms with Gasteiger partial charge in [-0.05, 0) is 37.1 Å². The molecule has 3 aromatic rings. The summed E-state index contributed by atoms with van der Waals surface area (Å²) in [5.74, 6) is -0.361. The third-order valence-electron chi connectivity index (χ3n) is 5.55. The molecule has 1 N–H and O–H groups in total. The largest absolute Gasteiger partial charge is 0.296 e. The number of benzene rings is 2. The highest BCUT2D eigenvalue weighted by molar-refractivity contribution is 7.89. The third-order valence-corrected chi connectivity index (χ3v) is 8.36. The second-order valence-electron chi connectivity index (χ2n) is 7.57. The highest BCUT2D eigenvalue weighted by Gasteiger charge is 2.29. The van der Waals surface area contributed by atoms with E-state index < -0.39 is 10.0 Å². The van der Waals surface area contributed by atoms with Gasteiger partial charge in [0.15, 0.2) is 0 Å². The van der Waals surface area contributed by atoms with Gasteiger partial charge in [-0.25, -0.2) is 8.42 Å². The Balaban J connectivity index is 1.44. The van der Waals surface area contributed by atoms with Crippen molar-refractivity contribution in [2.45, 2.75) is 43.0 Å². The average molecular weight is 457 g/mol. The lowest BCUT2D eigenvalue weighted by Gasteiger charge is -2.30. The van der Waals surface area contributed by atoms with Gasteiger partial charge in [-0.2, -0.15) is 4.31 Å². The molecule has 9 heteroatoms. The van der Waals surface area contributed by atoms with Gasteiger partial charge in [0, 0.05) is 24.2 Å². The fraction of sp³-hybridized carbons (Fsp3) is 0.318. The van der Waals surface area contributed by atoms with Crippen LogP contribution in [-0.4, -0.2) is 41.9 Å². The van der Waals surface area contributed by atoms with Gasteiger partial charge in [-0.1, -0.05) is 60.9 Å². The second kappa shape index (κ2) is 9.25. The van der Waals surface area contributed by atoms with Gasteiger partial charge in [-0.3, -0.25) is 10.1 Å². The summed E-state index contributed by atoms with van der Waals surface area (Å²) in [6.45, 7) is 0. The first kappa shape index (κ1) is 21.6. The van der Waals surface area contributed by atoms with Crippen LogP contribution in [0.1, 0.15) is 42.5 Å². The van der Waals surface area contributed by atoms with Crippen LogP contribution >= 0.6 is 11.3 Å². The average Bonchev–Trinajstić information content (AvgIpc) is 3.28. The van der Waals surface area contributed by atoms with Crippen molar-refractivity contribution >= 4 is 32.4 Å². The van der Waals surface area contributed by atoms with Crippen molar-refractivity contribution in [3.63, 3.8) is 0 Å². The molecule has 1 heterocycles. The molecule has 1 fully saturated rings. The van der Waals surface area contributed by atoms with E-state index in [4.69, 9.17) is 0 Å². The second-order valence-corrected chi connectivity index (χ2v) is 10.5. The smallest absolute Gasteiger partial charge is 0.257 e. The lowest BCUT2D eigenvalue weighted by molar-refractivity contribution is 0.102. The molecule has 4 rings (SSSR count). The molecule has 7 nitrogen and oxygen atoms in total. The zero-order chi connectivity index (χ0) is 21.8. The fourth-order valence-electron chi connectivity index (χ4n) is 3.73. The van der Waals surface area contributed by atoms with Crippen LogP contribution in [0.4, 0.5) is 5.13 Å². The first-order valence-electron chi connectivity index (χ1n) is 10.2. The zero-order valence-corrected chi connectivity index (χ0v) is 18.8. The molecule has 1 aromatic heterocycles. The number of amides is 1. The first-order valence-corrected chi connectivity index (χ1v) is 12.5. The highest BCUT2D eigenvalue weighted by atomic mass is 32.2. The molecule has 0 atom stereocenters. The van der Waals surface area contributed by atoms with E-state index in [2.05, 4.69) is 15.5 Å². The summed E-state index contributed by atoms with van der Waals surface area (Å²) in [5, 5.41) is 12.0. The normalized spacial score (nSPS) is 15.2. The summed E-state index contributed by atoms with van der Waals surface area (Å²) in [6, 6.07) is 15.7. The summed E-state index contributed by atoms with van der Waals surface area (Å²) in [6.07, 6.45) is 5.06. The molecular weight excluding hydrogens is 432 g/mol. The Labute approximate surface area is 186 Å². The van der Waals surface area contributed by atoms with Crippen molar-refractivity contribution < 1.29 is 13.2 Å². The number of aromatic nitrogens is 2. The van der Waals surface area contributed by atoms with Crippen LogP contribution in [0.2, 0.25) is 0 Å². The number of anilines is 1. The lowest BCUT2D eigenvalue weighted by atomic mass is 9.96. The van der Waals surface area contributed by atoms with Gasteiger partial charge in [-0.15, -0.1) is 10.2 Å². The number of hydrogen-bond acceptors (Lipinski definition) is 6. The van der Waals surface area contributed by atoms with E-state index in [1.54, 1.807) is 7.05 Å². The van der Waals surface area contributed by atoms with Crippen molar-refractivity contribution in [1.29, 1.82) is 0 Å². The molecule has 1 saturated carbocycles. The topological polar surface area (TPSA) is 92.3 Å². The molecule has 2 aromatic carbocycles. The molecule has 0 spiro atoms. The predicted octanol–water partition coefficient (Wildman–Crippen LogP) is 4.41. The van der Waals surface area contributed by atoms with Crippen LogP contribution in [0, 0.1) is 0 Å². The van der Waals surface area contributed by atoms with Crippen LogP contribution in [0.5, 0.6) is 0 Å². The number of nitrogens with zero attached hydrogens (tertiary/aromatic N) is 3. The van der Waals surface area contributed by atoms with Gasteiger partial charge >= 0.3 is 0 Å². The van der Waals surface area contributed by atoms with Crippen molar-refractivity contribution in [3.05, 3.63) is 60.2 Å². The Kier molecular flexibility index (Phi) is 6.45. The van der Waals surface area contributed by atoms with Crippen molar-refractivity contribution in [3.8, 4) is 10.6 Å². The number of carbonyl (C=O) groups is 1. The van der Waals surface area contributed by atoms with Gasteiger partial charge in [0.1, 0.15) is 5.01 Å². The molecule has 0 radical (unpaired) electrons. The maximum atomic E-state index is 12.9.